The summed E-state index contributed by atoms with van der Waals surface area (Å²) in [7, 11) is 0. The second-order valence-electron chi connectivity index (χ2n) is 5.89. The van der Waals surface area contributed by atoms with E-state index in [0.717, 1.165) is 5.52 Å². The number of benzene rings is 1. The van der Waals surface area contributed by atoms with Crippen LogP contribution in [0.1, 0.15) is 25.7 Å². The molecule has 18 heavy (non-hydrogen) atoms. The Hall–Kier alpha value is -1.57. The average Bonchev–Trinajstić information content (AvgIpc) is 3.17. The van der Waals surface area contributed by atoms with Crippen LogP contribution in [0.15, 0.2) is 36.4 Å². The van der Waals surface area contributed by atoms with Crippen LogP contribution in [0, 0.1) is 5.41 Å². The fraction of sp³-hybridized carbons (Fsp3) is 0.438. The van der Waals surface area contributed by atoms with Crippen molar-refractivity contribution in [2.24, 2.45) is 5.41 Å². The number of anilines is 1. The molecule has 4 rings (SSSR count). The SMILES string of the molecule is c1ccc2nc(N3CCCC4(CC4)C3)ccc2c1. The third kappa shape index (κ3) is 1.67. The molecule has 2 aliphatic rings. The van der Waals surface area contributed by atoms with Crippen molar-refractivity contribution >= 4 is 16.7 Å². The molecule has 2 fully saturated rings. The first-order valence-electron chi connectivity index (χ1n) is 6.96. The molecule has 0 atom stereocenters. The van der Waals surface area contributed by atoms with Crippen LogP contribution in [-0.2, 0) is 0 Å². The molecular weight excluding hydrogens is 220 g/mol. The maximum Gasteiger partial charge on any atom is 0.129 e. The predicted octanol–water partition coefficient (Wildman–Crippen LogP) is 3.62. The number of pyridine rings is 1. The van der Waals surface area contributed by atoms with Crippen LogP contribution >= 0.6 is 0 Å². The van der Waals surface area contributed by atoms with Gasteiger partial charge < -0.3 is 4.90 Å². The van der Waals surface area contributed by atoms with Crippen LogP contribution in [0.3, 0.4) is 0 Å². The van der Waals surface area contributed by atoms with E-state index in [2.05, 4.69) is 41.3 Å². The molecule has 2 nitrogen and oxygen atoms in total. The first-order valence-corrected chi connectivity index (χ1v) is 6.96. The number of fused-ring (bicyclic) bond motifs is 1. The average molecular weight is 238 g/mol. The number of hydrogen-bond donors (Lipinski definition) is 0. The Morgan fingerprint density at radius 3 is 2.78 bits per heavy atom. The van der Waals surface area contributed by atoms with Gasteiger partial charge >= 0.3 is 0 Å². The van der Waals surface area contributed by atoms with E-state index in [4.69, 9.17) is 4.98 Å². The molecule has 1 aliphatic heterocycles. The predicted molar refractivity (Wildman–Crippen MR) is 74.9 cm³/mol. The Balaban J connectivity index is 1.69. The zero-order chi connectivity index (χ0) is 12.0. The van der Waals surface area contributed by atoms with Gasteiger partial charge in [0.1, 0.15) is 5.82 Å². The minimum absolute atomic E-state index is 0.658. The summed E-state index contributed by atoms with van der Waals surface area (Å²) in [6.45, 7) is 2.39. The molecule has 2 aromatic rings. The standard InChI is InChI=1S/C16H18N2/c1-2-5-14-13(4-1)6-7-15(17-14)18-11-3-8-16(12-18)9-10-16/h1-2,4-7H,3,8-12H2. The highest BCUT2D eigenvalue weighted by atomic mass is 15.2. The zero-order valence-corrected chi connectivity index (χ0v) is 10.6. The number of aromatic nitrogens is 1. The molecular formula is C16H18N2. The Morgan fingerprint density at radius 1 is 1.00 bits per heavy atom. The van der Waals surface area contributed by atoms with E-state index >= 15 is 0 Å². The highest BCUT2D eigenvalue weighted by Crippen LogP contribution is 2.52. The molecule has 1 aromatic carbocycles. The molecule has 1 saturated carbocycles. The lowest BCUT2D eigenvalue weighted by Crippen LogP contribution is -2.36. The molecule has 2 heteroatoms. The molecule has 0 radical (unpaired) electrons. The van der Waals surface area contributed by atoms with Gasteiger partial charge in [-0.15, -0.1) is 0 Å². The van der Waals surface area contributed by atoms with Gasteiger partial charge in [-0.25, -0.2) is 4.98 Å². The van der Waals surface area contributed by atoms with E-state index in [1.54, 1.807) is 0 Å². The second kappa shape index (κ2) is 3.71. The largest absolute Gasteiger partial charge is 0.356 e. The lowest BCUT2D eigenvalue weighted by Gasteiger charge is -2.34. The summed E-state index contributed by atoms with van der Waals surface area (Å²) in [5, 5.41) is 1.24. The van der Waals surface area contributed by atoms with Gasteiger partial charge in [0, 0.05) is 18.5 Å². The van der Waals surface area contributed by atoms with Crippen molar-refractivity contribution in [3.05, 3.63) is 36.4 Å². The van der Waals surface area contributed by atoms with Crippen molar-refractivity contribution in [1.82, 2.24) is 4.98 Å². The molecule has 1 aromatic heterocycles. The van der Waals surface area contributed by atoms with Gasteiger partial charge in [0.05, 0.1) is 5.52 Å². The quantitative estimate of drug-likeness (QED) is 0.754. The van der Waals surface area contributed by atoms with Crippen molar-refractivity contribution in [1.29, 1.82) is 0 Å². The van der Waals surface area contributed by atoms with Gasteiger partial charge in [0.2, 0.25) is 0 Å². The molecule has 2 heterocycles. The molecule has 1 spiro atoms. The first kappa shape index (κ1) is 10.4. The zero-order valence-electron chi connectivity index (χ0n) is 10.6. The Morgan fingerprint density at radius 2 is 1.89 bits per heavy atom. The summed E-state index contributed by atoms with van der Waals surface area (Å²) in [5.41, 5.74) is 1.77. The van der Waals surface area contributed by atoms with Crippen LogP contribution in [0.2, 0.25) is 0 Å². The van der Waals surface area contributed by atoms with Crippen LogP contribution in [0.25, 0.3) is 10.9 Å². The fourth-order valence-electron chi connectivity index (χ4n) is 3.22. The molecule has 1 saturated heterocycles. The van der Waals surface area contributed by atoms with Crippen LogP contribution < -0.4 is 4.90 Å². The van der Waals surface area contributed by atoms with Crippen molar-refractivity contribution in [2.45, 2.75) is 25.7 Å². The molecule has 0 amide bonds. The van der Waals surface area contributed by atoms with Gasteiger partial charge in [-0.2, -0.15) is 0 Å². The van der Waals surface area contributed by atoms with Gasteiger partial charge in [-0.3, -0.25) is 0 Å². The third-order valence-electron chi connectivity index (χ3n) is 4.53. The van der Waals surface area contributed by atoms with E-state index < -0.39 is 0 Å². The Bertz CT molecular complexity index is 586. The fourth-order valence-corrected chi connectivity index (χ4v) is 3.22. The summed E-state index contributed by atoms with van der Waals surface area (Å²) < 4.78 is 0. The lowest BCUT2D eigenvalue weighted by molar-refractivity contribution is 0.394. The second-order valence-corrected chi connectivity index (χ2v) is 5.89. The number of piperidine rings is 1. The van der Waals surface area contributed by atoms with Crippen LogP contribution in [0.5, 0.6) is 0 Å². The summed E-state index contributed by atoms with van der Waals surface area (Å²) in [6.07, 6.45) is 5.61. The van der Waals surface area contributed by atoms with Crippen LogP contribution in [-0.4, -0.2) is 18.1 Å². The highest BCUT2D eigenvalue weighted by Gasteiger charge is 2.45. The number of rotatable bonds is 1. The smallest absolute Gasteiger partial charge is 0.129 e. The van der Waals surface area contributed by atoms with E-state index in [9.17, 15) is 0 Å². The van der Waals surface area contributed by atoms with Crippen molar-refractivity contribution < 1.29 is 0 Å². The molecule has 0 unspecified atom stereocenters. The van der Waals surface area contributed by atoms with Crippen LogP contribution in [0.4, 0.5) is 5.82 Å². The third-order valence-corrected chi connectivity index (χ3v) is 4.53. The number of para-hydroxylation sites is 1. The summed E-state index contributed by atoms with van der Waals surface area (Å²) in [4.78, 5) is 7.31. The monoisotopic (exact) mass is 238 g/mol. The Kier molecular flexibility index (Phi) is 2.14. The van der Waals surface area contributed by atoms with Gasteiger partial charge in [-0.05, 0) is 49.3 Å². The van der Waals surface area contributed by atoms with Gasteiger partial charge in [-0.1, -0.05) is 18.2 Å². The van der Waals surface area contributed by atoms with E-state index in [0.29, 0.717) is 5.41 Å². The maximum absolute atomic E-state index is 4.82. The highest BCUT2D eigenvalue weighted by molar-refractivity contribution is 5.80. The number of hydrogen-bond acceptors (Lipinski definition) is 2. The summed E-state index contributed by atoms with van der Waals surface area (Å²) in [5.74, 6) is 1.17. The maximum atomic E-state index is 4.82. The first-order chi connectivity index (χ1) is 8.85. The van der Waals surface area contributed by atoms with E-state index in [1.165, 1.54) is 50.0 Å². The lowest BCUT2D eigenvalue weighted by atomic mass is 9.95. The summed E-state index contributed by atoms with van der Waals surface area (Å²) >= 11 is 0. The van der Waals surface area contributed by atoms with Gasteiger partial charge in [0.15, 0.2) is 0 Å². The molecule has 0 bridgehead atoms. The topological polar surface area (TPSA) is 16.1 Å². The van der Waals surface area contributed by atoms with Gasteiger partial charge in [0.25, 0.3) is 0 Å². The summed E-state index contributed by atoms with van der Waals surface area (Å²) in [6, 6.07) is 12.8. The molecule has 1 aliphatic carbocycles. The molecule has 0 N–H and O–H groups in total. The minimum atomic E-state index is 0.658. The van der Waals surface area contributed by atoms with E-state index in [1.807, 2.05) is 0 Å². The van der Waals surface area contributed by atoms with Crippen molar-refractivity contribution in [3.63, 3.8) is 0 Å². The van der Waals surface area contributed by atoms with Crippen molar-refractivity contribution in [2.75, 3.05) is 18.0 Å². The van der Waals surface area contributed by atoms with Crippen molar-refractivity contribution in [3.8, 4) is 0 Å². The Labute approximate surface area is 108 Å². The molecule has 92 valence electrons. The number of nitrogens with zero attached hydrogens (tertiary/aromatic N) is 2. The van der Waals surface area contributed by atoms with E-state index in [-0.39, 0.29) is 0 Å². The minimum Gasteiger partial charge on any atom is -0.356 e. The normalized spacial score (nSPS) is 21.4.